The second-order valence-electron chi connectivity index (χ2n) is 6.22. The van der Waals surface area contributed by atoms with E-state index in [1.165, 1.54) is 51.0 Å². The van der Waals surface area contributed by atoms with Crippen LogP contribution >= 0.6 is 11.6 Å². The van der Waals surface area contributed by atoms with Crippen molar-refractivity contribution in [3.63, 3.8) is 0 Å². The first-order valence-corrected chi connectivity index (χ1v) is 8.36. The molecule has 20 heavy (non-hydrogen) atoms. The van der Waals surface area contributed by atoms with Crippen LogP contribution in [0.25, 0.3) is 0 Å². The molecule has 110 valence electrons. The second-order valence-corrected chi connectivity index (χ2v) is 6.66. The number of fused-ring (bicyclic) bond motifs is 1. The fraction of sp³-hybridized carbons (Fsp3) is 0.647. The van der Waals surface area contributed by atoms with Gasteiger partial charge in [0, 0.05) is 36.7 Å². The smallest absolute Gasteiger partial charge is 0.0406 e. The Morgan fingerprint density at radius 1 is 1.20 bits per heavy atom. The third-order valence-corrected chi connectivity index (χ3v) is 5.23. The highest BCUT2D eigenvalue weighted by Crippen LogP contribution is 2.26. The maximum atomic E-state index is 5.95. The Morgan fingerprint density at radius 2 is 2.00 bits per heavy atom. The quantitative estimate of drug-likeness (QED) is 0.839. The molecule has 0 aliphatic carbocycles. The Morgan fingerprint density at radius 3 is 2.75 bits per heavy atom. The minimum Gasteiger partial charge on any atom is -0.298 e. The molecule has 2 saturated heterocycles. The fourth-order valence-electron chi connectivity index (χ4n) is 3.73. The standard InChI is InChI=1S/C17H25ClN2/c1-2-16-12-19-10-3-4-17(19)13-20(16)11-9-14-5-7-15(18)8-6-14/h5-8,16-17H,2-4,9-13H2,1H3. The molecule has 2 unspecified atom stereocenters. The molecule has 0 spiro atoms. The summed E-state index contributed by atoms with van der Waals surface area (Å²) in [5.74, 6) is 0. The van der Waals surface area contributed by atoms with Gasteiger partial charge in [0.2, 0.25) is 0 Å². The maximum absolute atomic E-state index is 5.95. The van der Waals surface area contributed by atoms with Crippen molar-refractivity contribution in [1.29, 1.82) is 0 Å². The lowest BCUT2D eigenvalue weighted by atomic mass is 10.0. The van der Waals surface area contributed by atoms with E-state index in [-0.39, 0.29) is 0 Å². The molecule has 3 rings (SSSR count). The Bertz CT molecular complexity index is 431. The lowest BCUT2D eigenvalue weighted by molar-refractivity contribution is 0.0501. The average Bonchev–Trinajstić information content (AvgIpc) is 2.92. The van der Waals surface area contributed by atoms with Gasteiger partial charge in [-0.15, -0.1) is 0 Å². The van der Waals surface area contributed by atoms with E-state index < -0.39 is 0 Å². The van der Waals surface area contributed by atoms with Gasteiger partial charge in [0.15, 0.2) is 0 Å². The Balaban J connectivity index is 1.58. The molecule has 2 heterocycles. The van der Waals surface area contributed by atoms with Crippen molar-refractivity contribution in [3.8, 4) is 0 Å². The predicted octanol–water partition coefficient (Wildman–Crippen LogP) is 3.44. The first-order chi connectivity index (χ1) is 9.76. The molecule has 2 nitrogen and oxygen atoms in total. The molecule has 0 aromatic heterocycles. The lowest BCUT2D eigenvalue weighted by Crippen LogP contribution is -2.56. The van der Waals surface area contributed by atoms with E-state index >= 15 is 0 Å². The number of hydrogen-bond donors (Lipinski definition) is 0. The normalized spacial score (nSPS) is 27.7. The molecule has 0 amide bonds. The number of halogens is 1. The van der Waals surface area contributed by atoms with Gasteiger partial charge in [0.1, 0.15) is 0 Å². The van der Waals surface area contributed by atoms with Crippen molar-refractivity contribution in [1.82, 2.24) is 9.80 Å². The van der Waals surface area contributed by atoms with Crippen molar-refractivity contribution < 1.29 is 0 Å². The third-order valence-electron chi connectivity index (χ3n) is 4.98. The minimum absolute atomic E-state index is 0.747. The summed E-state index contributed by atoms with van der Waals surface area (Å²) in [4.78, 5) is 5.44. The van der Waals surface area contributed by atoms with E-state index in [2.05, 4.69) is 28.9 Å². The molecule has 3 heteroatoms. The van der Waals surface area contributed by atoms with E-state index in [9.17, 15) is 0 Å². The van der Waals surface area contributed by atoms with Gasteiger partial charge in [-0.3, -0.25) is 9.80 Å². The van der Waals surface area contributed by atoms with Crippen LogP contribution in [0.1, 0.15) is 31.7 Å². The molecule has 0 N–H and O–H groups in total. The van der Waals surface area contributed by atoms with Crippen LogP contribution in [0, 0.1) is 0 Å². The average molecular weight is 293 g/mol. The molecule has 1 aromatic carbocycles. The maximum Gasteiger partial charge on any atom is 0.0406 e. The number of hydrogen-bond acceptors (Lipinski definition) is 2. The molecule has 0 saturated carbocycles. The molecule has 0 bridgehead atoms. The summed E-state index contributed by atoms with van der Waals surface area (Å²) in [6.07, 6.45) is 5.20. The molecular weight excluding hydrogens is 268 g/mol. The van der Waals surface area contributed by atoms with Crippen LogP contribution in [0.5, 0.6) is 0 Å². The minimum atomic E-state index is 0.747. The summed E-state index contributed by atoms with van der Waals surface area (Å²) in [6, 6.07) is 9.90. The van der Waals surface area contributed by atoms with Gasteiger partial charge in [-0.25, -0.2) is 0 Å². The largest absolute Gasteiger partial charge is 0.298 e. The second kappa shape index (κ2) is 6.46. The van der Waals surface area contributed by atoms with E-state index in [1.54, 1.807) is 0 Å². The number of nitrogens with zero attached hydrogens (tertiary/aromatic N) is 2. The van der Waals surface area contributed by atoms with Crippen LogP contribution in [0.2, 0.25) is 5.02 Å². The molecule has 0 radical (unpaired) electrons. The van der Waals surface area contributed by atoms with Crippen LogP contribution in [-0.4, -0.2) is 48.1 Å². The van der Waals surface area contributed by atoms with E-state index in [0.29, 0.717) is 0 Å². The third kappa shape index (κ3) is 3.19. The molecule has 2 aliphatic heterocycles. The summed E-state index contributed by atoms with van der Waals surface area (Å²) in [6.45, 7) is 7.39. The van der Waals surface area contributed by atoms with Gasteiger partial charge in [-0.2, -0.15) is 0 Å². The topological polar surface area (TPSA) is 6.48 Å². The molecule has 2 atom stereocenters. The number of benzene rings is 1. The van der Waals surface area contributed by atoms with Crippen molar-refractivity contribution in [2.45, 2.75) is 44.7 Å². The SMILES string of the molecule is CCC1CN2CCCC2CN1CCc1ccc(Cl)cc1. The monoisotopic (exact) mass is 292 g/mol. The zero-order chi connectivity index (χ0) is 13.9. The van der Waals surface area contributed by atoms with E-state index in [1.807, 2.05) is 12.1 Å². The first kappa shape index (κ1) is 14.4. The predicted molar refractivity (Wildman–Crippen MR) is 85.4 cm³/mol. The van der Waals surface area contributed by atoms with E-state index in [0.717, 1.165) is 23.5 Å². The highest BCUT2D eigenvalue weighted by molar-refractivity contribution is 6.30. The van der Waals surface area contributed by atoms with Crippen molar-refractivity contribution in [2.75, 3.05) is 26.2 Å². The fourth-order valence-corrected chi connectivity index (χ4v) is 3.86. The summed E-state index contributed by atoms with van der Waals surface area (Å²) in [5.41, 5.74) is 1.40. The van der Waals surface area contributed by atoms with Gasteiger partial charge >= 0.3 is 0 Å². The molecular formula is C17H25ClN2. The van der Waals surface area contributed by atoms with Gasteiger partial charge in [0.25, 0.3) is 0 Å². The Kier molecular flexibility index (Phi) is 4.65. The van der Waals surface area contributed by atoms with Crippen LogP contribution in [0.4, 0.5) is 0 Å². The van der Waals surface area contributed by atoms with Crippen molar-refractivity contribution >= 4 is 11.6 Å². The summed E-state index contributed by atoms with van der Waals surface area (Å²) in [5, 5.41) is 0.833. The van der Waals surface area contributed by atoms with Gasteiger partial charge in [0.05, 0.1) is 0 Å². The zero-order valence-corrected chi connectivity index (χ0v) is 13.1. The van der Waals surface area contributed by atoms with Gasteiger partial charge < -0.3 is 0 Å². The van der Waals surface area contributed by atoms with Crippen LogP contribution in [-0.2, 0) is 6.42 Å². The molecule has 2 fully saturated rings. The zero-order valence-electron chi connectivity index (χ0n) is 12.4. The van der Waals surface area contributed by atoms with Crippen LogP contribution in [0.15, 0.2) is 24.3 Å². The molecule has 1 aromatic rings. The van der Waals surface area contributed by atoms with Gasteiger partial charge in [-0.05, 0) is 49.9 Å². The summed E-state index contributed by atoms with van der Waals surface area (Å²) < 4.78 is 0. The Labute approximate surface area is 127 Å². The van der Waals surface area contributed by atoms with E-state index in [4.69, 9.17) is 11.6 Å². The van der Waals surface area contributed by atoms with Gasteiger partial charge in [-0.1, -0.05) is 30.7 Å². The van der Waals surface area contributed by atoms with Crippen LogP contribution < -0.4 is 0 Å². The lowest BCUT2D eigenvalue weighted by Gasteiger charge is -2.43. The highest BCUT2D eigenvalue weighted by atomic mass is 35.5. The molecule has 2 aliphatic rings. The highest BCUT2D eigenvalue weighted by Gasteiger charge is 2.34. The number of rotatable bonds is 4. The first-order valence-electron chi connectivity index (χ1n) is 7.99. The Hall–Kier alpha value is -0.570. The van der Waals surface area contributed by atoms with Crippen molar-refractivity contribution in [2.24, 2.45) is 0 Å². The van der Waals surface area contributed by atoms with Crippen LogP contribution in [0.3, 0.4) is 0 Å². The summed E-state index contributed by atoms with van der Waals surface area (Å²) >= 11 is 5.95. The number of piperazine rings is 1. The van der Waals surface area contributed by atoms with Crippen molar-refractivity contribution in [3.05, 3.63) is 34.9 Å². The summed E-state index contributed by atoms with van der Waals surface area (Å²) in [7, 11) is 0.